The maximum absolute atomic E-state index is 3.76. The predicted octanol–water partition coefficient (Wildman–Crippen LogP) is 5.56. The summed E-state index contributed by atoms with van der Waals surface area (Å²) in [5, 5.41) is 0. The van der Waals surface area contributed by atoms with Gasteiger partial charge in [0.1, 0.15) is 8.07 Å². The minimum absolute atomic E-state index is 0.699. The highest BCUT2D eigenvalue weighted by Crippen LogP contribution is 2.40. The van der Waals surface area contributed by atoms with Crippen LogP contribution < -0.4 is 0 Å². The standard InChI is InChI=1S/C18H28Si/c1-14(2)19(15(3)4,16(5)6)13-12-18-10-8-17(7)9-11-18/h8-11,14-16H,1-7H3. The molecule has 0 radical (unpaired) electrons. The van der Waals surface area contributed by atoms with Crippen LogP contribution >= 0.6 is 0 Å². The third kappa shape index (κ3) is 3.51. The van der Waals surface area contributed by atoms with E-state index < -0.39 is 8.07 Å². The molecule has 19 heavy (non-hydrogen) atoms. The molecule has 0 atom stereocenters. The topological polar surface area (TPSA) is 0 Å². The number of rotatable bonds is 3. The van der Waals surface area contributed by atoms with Crippen molar-refractivity contribution in [1.82, 2.24) is 0 Å². The number of aryl methyl sites for hydroxylation is 1. The van der Waals surface area contributed by atoms with Crippen molar-refractivity contribution in [3.63, 3.8) is 0 Å². The molecule has 0 aromatic heterocycles. The highest BCUT2D eigenvalue weighted by atomic mass is 28.3. The lowest BCUT2D eigenvalue weighted by molar-refractivity contribution is 0.838. The van der Waals surface area contributed by atoms with Gasteiger partial charge in [-0.25, -0.2) is 0 Å². The molecule has 0 N–H and O–H groups in total. The molecule has 0 bridgehead atoms. The van der Waals surface area contributed by atoms with Crippen LogP contribution in [0.3, 0.4) is 0 Å². The first-order chi connectivity index (χ1) is 8.80. The van der Waals surface area contributed by atoms with Gasteiger partial charge in [0.2, 0.25) is 0 Å². The molecule has 0 aliphatic carbocycles. The fourth-order valence-electron chi connectivity index (χ4n) is 3.25. The van der Waals surface area contributed by atoms with Crippen LogP contribution in [0.4, 0.5) is 0 Å². The Morgan fingerprint density at radius 3 is 1.58 bits per heavy atom. The highest BCUT2D eigenvalue weighted by Gasteiger charge is 2.41. The van der Waals surface area contributed by atoms with Gasteiger partial charge < -0.3 is 0 Å². The van der Waals surface area contributed by atoms with Gasteiger partial charge in [0, 0.05) is 5.56 Å². The van der Waals surface area contributed by atoms with Crippen LogP contribution in [-0.4, -0.2) is 8.07 Å². The molecule has 1 aromatic carbocycles. The summed E-state index contributed by atoms with van der Waals surface area (Å²) < 4.78 is 0. The molecule has 0 nitrogen and oxygen atoms in total. The molecule has 0 saturated carbocycles. The van der Waals surface area contributed by atoms with Crippen LogP contribution in [0.2, 0.25) is 16.6 Å². The summed E-state index contributed by atoms with van der Waals surface area (Å²) in [7, 11) is -1.59. The number of hydrogen-bond donors (Lipinski definition) is 0. The molecule has 104 valence electrons. The lowest BCUT2D eigenvalue weighted by Crippen LogP contribution is -2.43. The normalized spacial score (nSPS) is 11.9. The highest BCUT2D eigenvalue weighted by molar-refractivity contribution is 6.90. The van der Waals surface area contributed by atoms with Gasteiger partial charge in [0.25, 0.3) is 0 Å². The Morgan fingerprint density at radius 1 is 0.789 bits per heavy atom. The Hall–Kier alpha value is -1.00. The van der Waals surface area contributed by atoms with Crippen LogP contribution in [0.1, 0.15) is 52.7 Å². The largest absolute Gasteiger partial charge is 0.146 e. The molecule has 0 amide bonds. The summed E-state index contributed by atoms with van der Waals surface area (Å²) in [4.78, 5) is 0. The first-order valence-corrected chi connectivity index (χ1v) is 9.63. The van der Waals surface area contributed by atoms with Gasteiger partial charge in [-0.2, -0.15) is 0 Å². The van der Waals surface area contributed by atoms with E-state index in [2.05, 4.69) is 84.2 Å². The van der Waals surface area contributed by atoms with Gasteiger partial charge >= 0.3 is 0 Å². The van der Waals surface area contributed by atoms with E-state index in [1.165, 1.54) is 5.56 Å². The fraction of sp³-hybridized carbons (Fsp3) is 0.556. The SMILES string of the molecule is Cc1ccc(C#C[Si](C(C)C)(C(C)C)C(C)C)cc1. The van der Waals surface area contributed by atoms with Crippen molar-refractivity contribution < 1.29 is 0 Å². The summed E-state index contributed by atoms with van der Waals surface area (Å²) in [6, 6.07) is 8.58. The molecule has 0 aliphatic heterocycles. The van der Waals surface area contributed by atoms with Gasteiger partial charge in [-0.05, 0) is 35.7 Å². The van der Waals surface area contributed by atoms with Crippen molar-refractivity contribution in [2.45, 2.75) is 65.1 Å². The number of benzene rings is 1. The Labute approximate surface area is 120 Å². The van der Waals surface area contributed by atoms with Crippen LogP contribution in [0.25, 0.3) is 0 Å². The fourth-order valence-corrected chi connectivity index (χ4v) is 8.48. The minimum atomic E-state index is -1.59. The average molecular weight is 273 g/mol. The summed E-state index contributed by atoms with van der Waals surface area (Å²) in [5.41, 5.74) is 8.31. The molecule has 0 heterocycles. The van der Waals surface area contributed by atoms with E-state index in [1.54, 1.807) is 0 Å². The van der Waals surface area contributed by atoms with E-state index >= 15 is 0 Å². The minimum Gasteiger partial charge on any atom is -0.125 e. The summed E-state index contributed by atoms with van der Waals surface area (Å²) in [6.07, 6.45) is 0. The Kier molecular flexibility index (Phi) is 5.44. The second-order valence-electron chi connectivity index (χ2n) is 6.51. The van der Waals surface area contributed by atoms with Gasteiger partial charge in [0.15, 0.2) is 0 Å². The zero-order valence-corrected chi connectivity index (χ0v) is 14.5. The van der Waals surface area contributed by atoms with E-state index in [0.29, 0.717) is 16.6 Å². The molecule has 1 rings (SSSR count). The van der Waals surface area contributed by atoms with E-state index in [0.717, 1.165) is 5.56 Å². The summed E-state index contributed by atoms with van der Waals surface area (Å²) in [5.74, 6) is 3.47. The third-order valence-electron chi connectivity index (χ3n) is 4.34. The van der Waals surface area contributed by atoms with Crippen molar-refractivity contribution in [3.05, 3.63) is 35.4 Å². The van der Waals surface area contributed by atoms with Gasteiger partial charge in [-0.15, -0.1) is 5.54 Å². The van der Waals surface area contributed by atoms with E-state index in [9.17, 15) is 0 Å². The Morgan fingerprint density at radius 2 is 1.21 bits per heavy atom. The van der Waals surface area contributed by atoms with Crippen molar-refractivity contribution in [1.29, 1.82) is 0 Å². The first-order valence-electron chi connectivity index (χ1n) is 7.40. The van der Waals surface area contributed by atoms with Crippen LogP contribution in [0.5, 0.6) is 0 Å². The maximum Gasteiger partial charge on any atom is 0.146 e. The van der Waals surface area contributed by atoms with Crippen molar-refractivity contribution in [2.24, 2.45) is 0 Å². The van der Waals surface area contributed by atoms with Crippen molar-refractivity contribution >= 4 is 8.07 Å². The van der Waals surface area contributed by atoms with E-state index in [4.69, 9.17) is 0 Å². The quantitative estimate of drug-likeness (QED) is 0.499. The van der Waals surface area contributed by atoms with Crippen LogP contribution in [-0.2, 0) is 0 Å². The molecular formula is C18H28Si. The summed E-state index contributed by atoms with van der Waals surface area (Å²) in [6.45, 7) is 16.3. The zero-order valence-electron chi connectivity index (χ0n) is 13.5. The van der Waals surface area contributed by atoms with E-state index in [-0.39, 0.29) is 0 Å². The molecule has 0 saturated heterocycles. The monoisotopic (exact) mass is 272 g/mol. The smallest absolute Gasteiger partial charge is 0.125 e. The molecule has 1 aromatic rings. The van der Waals surface area contributed by atoms with Gasteiger partial charge in [0.05, 0.1) is 0 Å². The average Bonchev–Trinajstić information content (AvgIpc) is 2.30. The third-order valence-corrected chi connectivity index (χ3v) is 10.6. The molecular weight excluding hydrogens is 244 g/mol. The second-order valence-corrected chi connectivity index (χ2v) is 12.1. The predicted molar refractivity (Wildman–Crippen MR) is 89.1 cm³/mol. The maximum atomic E-state index is 3.76. The summed E-state index contributed by atoms with van der Waals surface area (Å²) >= 11 is 0. The molecule has 0 fully saturated rings. The van der Waals surface area contributed by atoms with Crippen LogP contribution in [0.15, 0.2) is 24.3 Å². The first kappa shape index (κ1) is 16.1. The van der Waals surface area contributed by atoms with Crippen molar-refractivity contribution in [3.8, 4) is 11.5 Å². The molecule has 1 heteroatoms. The second kappa shape index (κ2) is 6.44. The number of hydrogen-bond acceptors (Lipinski definition) is 0. The lowest BCUT2D eigenvalue weighted by Gasteiger charge is -2.38. The Balaban J connectivity index is 3.19. The lowest BCUT2D eigenvalue weighted by atomic mass is 10.2. The zero-order chi connectivity index (χ0) is 14.6. The van der Waals surface area contributed by atoms with Crippen molar-refractivity contribution in [2.75, 3.05) is 0 Å². The molecule has 0 aliphatic rings. The molecule has 0 unspecified atom stereocenters. The van der Waals surface area contributed by atoms with Gasteiger partial charge in [-0.1, -0.05) is 65.2 Å². The van der Waals surface area contributed by atoms with Crippen LogP contribution in [0, 0.1) is 18.4 Å². The molecule has 0 spiro atoms. The van der Waals surface area contributed by atoms with E-state index in [1.807, 2.05) is 0 Å². The Bertz CT molecular complexity index is 433. The van der Waals surface area contributed by atoms with Gasteiger partial charge in [-0.3, -0.25) is 0 Å².